The number of hydrogen-bond donors (Lipinski definition) is 1. The van der Waals surface area contributed by atoms with Gasteiger partial charge in [-0.2, -0.15) is 0 Å². The Bertz CT molecular complexity index is 472. The van der Waals surface area contributed by atoms with Crippen molar-refractivity contribution in [3.8, 4) is 0 Å². The van der Waals surface area contributed by atoms with Crippen LogP contribution in [0.5, 0.6) is 0 Å². The summed E-state index contributed by atoms with van der Waals surface area (Å²) >= 11 is 0. The zero-order valence-corrected chi connectivity index (χ0v) is 12.2. The van der Waals surface area contributed by atoms with Gasteiger partial charge in [-0.3, -0.25) is 0 Å². The van der Waals surface area contributed by atoms with E-state index in [2.05, 4.69) is 37.4 Å². The number of benzene rings is 1. The van der Waals surface area contributed by atoms with Crippen LogP contribution < -0.4 is 5.32 Å². The predicted octanol–water partition coefficient (Wildman–Crippen LogP) is 1.93. The summed E-state index contributed by atoms with van der Waals surface area (Å²) in [7, 11) is 3.80. The summed E-state index contributed by atoms with van der Waals surface area (Å²) in [5, 5.41) is 3.09. The van der Waals surface area contributed by atoms with Crippen molar-refractivity contribution >= 4 is 6.03 Å². The van der Waals surface area contributed by atoms with Crippen LogP contribution in [-0.2, 0) is 0 Å². The lowest BCUT2D eigenvalue weighted by Crippen LogP contribution is -2.34. The molecule has 19 heavy (non-hydrogen) atoms. The number of carbonyl (C=O) groups is 1. The largest absolute Gasteiger partial charge is 0.321 e. The van der Waals surface area contributed by atoms with E-state index in [1.165, 1.54) is 16.7 Å². The van der Waals surface area contributed by atoms with Crippen LogP contribution in [0.4, 0.5) is 4.79 Å². The smallest absolute Gasteiger partial charge is 0.320 e. The molecule has 1 fully saturated rings. The van der Waals surface area contributed by atoms with Gasteiger partial charge >= 0.3 is 6.03 Å². The quantitative estimate of drug-likeness (QED) is 0.899. The molecule has 1 N–H and O–H groups in total. The molecule has 1 aromatic rings. The van der Waals surface area contributed by atoms with E-state index < -0.39 is 0 Å². The van der Waals surface area contributed by atoms with Gasteiger partial charge in [-0.1, -0.05) is 18.2 Å². The minimum Gasteiger partial charge on any atom is -0.321 e. The van der Waals surface area contributed by atoms with E-state index in [1.54, 1.807) is 0 Å². The molecule has 0 aliphatic carbocycles. The third-order valence-corrected chi connectivity index (χ3v) is 3.98. The second-order valence-corrected chi connectivity index (χ2v) is 5.30. The molecule has 4 heteroatoms. The van der Waals surface area contributed by atoms with Crippen LogP contribution >= 0.6 is 0 Å². The monoisotopic (exact) mass is 261 g/mol. The SMILES string of the molecule is CNCCN1CC(c2ccc(C)c(C)c2)N(C)C1=O. The van der Waals surface area contributed by atoms with Crippen molar-refractivity contribution in [1.29, 1.82) is 0 Å². The number of nitrogens with one attached hydrogen (secondary N) is 1. The molecule has 1 aliphatic rings. The van der Waals surface area contributed by atoms with Crippen molar-refractivity contribution in [3.05, 3.63) is 34.9 Å². The molecule has 0 aromatic heterocycles. The van der Waals surface area contributed by atoms with Crippen LogP contribution in [0.2, 0.25) is 0 Å². The standard InChI is InChI=1S/C15H23N3O/c1-11-5-6-13(9-12(11)2)14-10-18(8-7-16-3)15(19)17(14)4/h5-6,9,14,16H,7-8,10H2,1-4H3. The Labute approximate surface area is 115 Å². The Morgan fingerprint density at radius 2 is 2.05 bits per heavy atom. The highest BCUT2D eigenvalue weighted by Crippen LogP contribution is 2.28. The summed E-state index contributed by atoms with van der Waals surface area (Å²) < 4.78 is 0. The van der Waals surface area contributed by atoms with Crippen LogP contribution in [0.25, 0.3) is 0 Å². The van der Waals surface area contributed by atoms with Crippen molar-refractivity contribution in [2.45, 2.75) is 19.9 Å². The number of amides is 2. The van der Waals surface area contributed by atoms with Crippen molar-refractivity contribution < 1.29 is 4.79 Å². The lowest BCUT2D eigenvalue weighted by atomic mass is 10.0. The highest BCUT2D eigenvalue weighted by Gasteiger charge is 2.34. The Hall–Kier alpha value is -1.55. The highest BCUT2D eigenvalue weighted by molar-refractivity contribution is 5.77. The van der Waals surface area contributed by atoms with Gasteiger partial charge in [0.05, 0.1) is 6.04 Å². The molecule has 0 bridgehead atoms. The summed E-state index contributed by atoms with van der Waals surface area (Å²) in [6, 6.07) is 6.77. The van der Waals surface area contributed by atoms with E-state index in [0.29, 0.717) is 0 Å². The fraction of sp³-hybridized carbons (Fsp3) is 0.533. The zero-order chi connectivity index (χ0) is 14.0. The number of urea groups is 1. The van der Waals surface area contributed by atoms with Gasteiger partial charge in [0.2, 0.25) is 0 Å². The summed E-state index contributed by atoms with van der Waals surface area (Å²) in [5.41, 5.74) is 3.81. The first-order valence-electron chi connectivity index (χ1n) is 6.78. The van der Waals surface area contributed by atoms with E-state index >= 15 is 0 Å². The topological polar surface area (TPSA) is 35.6 Å². The molecule has 1 aliphatic heterocycles. The second-order valence-electron chi connectivity index (χ2n) is 5.30. The molecule has 1 heterocycles. The van der Waals surface area contributed by atoms with Crippen LogP contribution in [0.3, 0.4) is 0 Å². The molecule has 4 nitrogen and oxygen atoms in total. The third-order valence-electron chi connectivity index (χ3n) is 3.98. The molecule has 1 atom stereocenters. The van der Waals surface area contributed by atoms with Crippen LogP contribution in [0, 0.1) is 13.8 Å². The first kappa shape index (κ1) is 13.9. The summed E-state index contributed by atoms with van der Waals surface area (Å²) in [6.45, 7) is 6.61. The Morgan fingerprint density at radius 1 is 1.32 bits per heavy atom. The minimum atomic E-state index is 0.124. The molecule has 0 spiro atoms. The Balaban J connectivity index is 2.16. The van der Waals surface area contributed by atoms with E-state index in [9.17, 15) is 4.79 Å². The molecular formula is C15H23N3O. The molecule has 0 saturated carbocycles. The van der Waals surface area contributed by atoms with Crippen LogP contribution in [0.15, 0.2) is 18.2 Å². The number of carbonyl (C=O) groups excluding carboxylic acids is 1. The lowest BCUT2D eigenvalue weighted by molar-refractivity contribution is 0.196. The van der Waals surface area contributed by atoms with Gasteiger partial charge in [0, 0.05) is 26.7 Å². The van der Waals surface area contributed by atoms with Gasteiger partial charge < -0.3 is 15.1 Å². The van der Waals surface area contributed by atoms with Gasteiger partial charge in [0.25, 0.3) is 0 Å². The molecule has 2 amide bonds. The van der Waals surface area contributed by atoms with Crippen molar-refractivity contribution in [1.82, 2.24) is 15.1 Å². The fourth-order valence-electron chi connectivity index (χ4n) is 2.50. The van der Waals surface area contributed by atoms with Crippen molar-refractivity contribution in [2.24, 2.45) is 0 Å². The van der Waals surface area contributed by atoms with Gasteiger partial charge in [-0.15, -0.1) is 0 Å². The molecule has 0 radical (unpaired) electrons. The van der Waals surface area contributed by atoms with Gasteiger partial charge in [0.1, 0.15) is 0 Å². The van der Waals surface area contributed by atoms with Gasteiger partial charge in [-0.05, 0) is 37.6 Å². The molecule has 1 aromatic carbocycles. The van der Waals surface area contributed by atoms with E-state index in [0.717, 1.165) is 19.6 Å². The maximum Gasteiger partial charge on any atom is 0.320 e. The maximum absolute atomic E-state index is 12.2. The second kappa shape index (κ2) is 5.61. The van der Waals surface area contributed by atoms with E-state index in [-0.39, 0.29) is 12.1 Å². The summed E-state index contributed by atoms with van der Waals surface area (Å²) in [5.74, 6) is 0. The van der Waals surface area contributed by atoms with Crippen LogP contribution in [-0.4, -0.2) is 49.6 Å². The summed E-state index contributed by atoms with van der Waals surface area (Å²) in [4.78, 5) is 15.9. The highest BCUT2D eigenvalue weighted by atomic mass is 16.2. The molecular weight excluding hydrogens is 238 g/mol. The summed E-state index contributed by atoms with van der Waals surface area (Å²) in [6.07, 6.45) is 0. The first-order chi connectivity index (χ1) is 9.04. The normalized spacial score (nSPS) is 19.4. The number of nitrogens with zero attached hydrogens (tertiary/aromatic N) is 2. The first-order valence-corrected chi connectivity index (χ1v) is 6.78. The van der Waals surface area contributed by atoms with Crippen molar-refractivity contribution in [3.63, 3.8) is 0 Å². The minimum absolute atomic E-state index is 0.124. The molecule has 1 unspecified atom stereocenters. The van der Waals surface area contributed by atoms with E-state index in [4.69, 9.17) is 0 Å². The number of hydrogen-bond acceptors (Lipinski definition) is 2. The van der Waals surface area contributed by atoms with E-state index in [1.807, 2.05) is 23.9 Å². The number of aryl methyl sites for hydroxylation is 2. The number of likely N-dealkylation sites (N-methyl/N-ethyl adjacent to an activating group) is 2. The van der Waals surface area contributed by atoms with Gasteiger partial charge in [0.15, 0.2) is 0 Å². The molecule has 1 saturated heterocycles. The number of rotatable bonds is 4. The average Bonchev–Trinajstić information content (AvgIpc) is 2.67. The predicted molar refractivity (Wildman–Crippen MR) is 77.3 cm³/mol. The molecule has 104 valence electrons. The molecule has 2 rings (SSSR count). The maximum atomic E-state index is 12.2. The van der Waals surface area contributed by atoms with Crippen molar-refractivity contribution in [2.75, 3.05) is 33.7 Å². The average molecular weight is 261 g/mol. The Kier molecular flexibility index (Phi) is 4.10. The van der Waals surface area contributed by atoms with Gasteiger partial charge in [-0.25, -0.2) is 4.79 Å². The van der Waals surface area contributed by atoms with Crippen LogP contribution in [0.1, 0.15) is 22.7 Å². The lowest BCUT2D eigenvalue weighted by Gasteiger charge is -2.19. The Morgan fingerprint density at radius 3 is 2.68 bits per heavy atom. The zero-order valence-electron chi connectivity index (χ0n) is 12.2. The fourth-order valence-corrected chi connectivity index (χ4v) is 2.50. The third kappa shape index (κ3) is 2.73.